The first kappa shape index (κ1) is 12.5. The summed E-state index contributed by atoms with van der Waals surface area (Å²) in [5, 5.41) is 0. The van der Waals surface area contributed by atoms with Gasteiger partial charge in [0.2, 0.25) is 0 Å². The highest BCUT2D eigenvalue weighted by Gasteiger charge is 2.10. The molecule has 0 saturated carbocycles. The molecule has 2 heteroatoms. The van der Waals surface area contributed by atoms with Crippen molar-refractivity contribution in [3.63, 3.8) is 0 Å². The maximum absolute atomic E-state index is 6.09. The maximum Gasteiger partial charge on any atom is 0.0671 e. The van der Waals surface area contributed by atoms with Crippen molar-refractivity contribution in [2.45, 2.75) is 20.8 Å². The van der Waals surface area contributed by atoms with Gasteiger partial charge in [0.1, 0.15) is 0 Å². The molecule has 0 aliphatic heterocycles. The largest absolute Gasteiger partial charge is 0.397 e. The van der Waals surface area contributed by atoms with E-state index < -0.39 is 0 Å². The molecule has 0 bridgehead atoms. The molecule has 2 aromatic rings. The molecule has 18 heavy (non-hydrogen) atoms. The molecule has 0 atom stereocenters. The number of nitrogens with zero attached hydrogens (tertiary/aromatic N) is 1. The quantitative estimate of drug-likeness (QED) is 0.805. The molecule has 0 spiro atoms. The van der Waals surface area contributed by atoms with Crippen LogP contribution in [0.2, 0.25) is 0 Å². The van der Waals surface area contributed by atoms with Gasteiger partial charge in [-0.1, -0.05) is 18.2 Å². The predicted octanol–water partition coefficient (Wildman–Crippen LogP) is 3.96. The predicted molar refractivity (Wildman–Crippen MR) is 79.6 cm³/mol. The van der Waals surface area contributed by atoms with Crippen LogP contribution in [0.15, 0.2) is 36.4 Å². The van der Waals surface area contributed by atoms with Gasteiger partial charge in [-0.3, -0.25) is 0 Å². The van der Waals surface area contributed by atoms with Crippen molar-refractivity contribution in [3.8, 4) is 0 Å². The van der Waals surface area contributed by atoms with Crippen LogP contribution in [-0.4, -0.2) is 7.05 Å². The van der Waals surface area contributed by atoms with Crippen LogP contribution in [0.5, 0.6) is 0 Å². The van der Waals surface area contributed by atoms with Crippen molar-refractivity contribution >= 4 is 17.1 Å². The summed E-state index contributed by atoms with van der Waals surface area (Å²) in [7, 11) is 2.06. The van der Waals surface area contributed by atoms with Gasteiger partial charge < -0.3 is 10.6 Å². The summed E-state index contributed by atoms with van der Waals surface area (Å²) in [6, 6.07) is 12.5. The van der Waals surface area contributed by atoms with E-state index >= 15 is 0 Å². The first-order valence-electron chi connectivity index (χ1n) is 6.17. The lowest BCUT2D eigenvalue weighted by atomic mass is 10.1. The normalized spacial score (nSPS) is 10.4. The van der Waals surface area contributed by atoms with E-state index in [1.165, 1.54) is 22.4 Å². The Morgan fingerprint density at radius 2 is 1.61 bits per heavy atom. The summed E-state index contributed by atoms with van der Waals surface area (Å²) in [5.74, 6) is 0. The summed E-state index contributed by atoms with van der Waals surface area (Å²) in [5.41, 5.74) is 12.9. The fourth-order valence-corrected chi connectivity index (χ4v) is 2.20. The minimum atomic E-state index is 0.815. The summed E-state index contributed by atoms with van der Waals surface area (Å²) in [6.45, 7) is 6.35. The zero-order valence-electron chi connectivity index (χ0n) is 11.5. The molecule has 94 valence electrons. The Labute approximate surface area is 109 Å². The van der Waals surface area contributed by atoms with Crippen LogP contribution in [0.3, 0.4) is 0 Å². The van der Waals surface area contributed by atoms with Gasteiger partial charge in [0, 0.05) is 12.7 Å². The SMILES string of the molecule is Cc1ccc(N(C)c2c(C)cccc2N)cc1C. The first-order chi connectivity index (χ1) is 8.50. The average molecular weight is 240 g/mol. The van der Waals surface area contributed by atoms with Gasteiger partial charge in [0.05, 0.1) is 11.4 Å². The molecule has 0 aliphatic rings. The van der Waals surface area contributed by atoms with Crippen molar-refractivity contribution < 1.29 is 0 Å². The second kappa shape index (κ2) is 4.73. The molecule has 2 N–H and O–H groups in total. The Balaban J connectivity index is 2.48. The molecular weight excluding hydrogens is 220 g/mol. The van der Waals surface area contributed by atoms with Crippen LogP contribution in [0.4, 0.5) is 17.1 Å². The number of hydrogen-bond donors (Lipinski definition) is 1. The van der Waals surface area contributed by atoms with Crippen LogP contribution in [-0.2, 0) is 0 Å². The van der Waals surface area contributed by atoms with E-state index in [1.807, 2.05) is 12.1 Å². The molecule has 2 aromatic carbocycles. The Hall–Kier alpha value is -1.96. The van der Waals surface area contributed by atoms with Crippen LogP contribution in [0.1, 0.15) is 16.7 Å². The molecule has 0 unspecified atom stereocenters. The van der Waals surface area contributed by atoms with Crippen molar-refractivity contribution in [1.29, 1.82) is 0 Å². The molecule has 0 aromatic heterocycles. The van der Waals surface area contributed by atoms with Crippen LogP contribution < -0.4 is 10.6 Å². The molecule has 0 saturated heterocycles. The number of benzene rings is 2. The second-order valence-corrected chi connectivity index (χ2v) is 4.84. The van der Waals surface area contributed by atoms with Gasteiger partial charge in [-0.15, -0.1) is 0 Å². The zero-order valence-corrected chi connectivity index (χ0v) is 11.5. The average Bonchev–Trinajstić information content (AvgIpc) is 2.32. The van der Waals surface area contributed by atoms with Gasteiger partial charge in [-0.05, 0) is 55.7 Å². The van der Waals surface area contributed by atoms with Crippen molar-refractivity contribution in [2.75, 3.05) is 17.7 Å². The summed E-state index contributed by atoms with van der Waals surface area (Å²) in [4.78, 5) is 2.15. The Bertz CT molecular complexity index is 553. The fourth-order valence-electron chi connectivity index (χ4n) is 2.20. The lowest BCUT2D eigenvalue weighted by Crippen LogP contribution is -2.13. The van der Waals surface area contributed by atoms with E-state index in [0.29, 0.717) is 0 Å². The molecule has 2 rings (SSSR count). The zero-order chi connectivity index (χ0) is 13.3. The third-order valence-electron chi connectivity index (χ3n) is 3.48. The van der Waals surface area contributed by atoms with Crippen LogP contribution >= 0.6 is 0 Å². The van der Waals surface area contributed by atoms with Gasteiger partial charge >= 0.3 is 0 Å². The number of anilines is 3. The molecule has 0 aliphatic carbocycles. The highest BCUT2D eigenvalue weighted by molar-refractivity contribution is 5.77. The van der Waals surface area contributed by atoms with Gasteiger partial charge in [-0.25, -0.2) is 0 Å². The molecule has 0 amide bonds. The maximum atomic E-state index is 6.09. The van der Waals surface area contributed by atoms with Gasteiger partial charge in [-0.2, -0.15) is 0 Å². The number of para-hydroxylation sites is 1. The lowest BCUT2D eigenvalue weighted by molar-refractivity contribution is 1.17. The van der Waals surface area contributed by atoms with E-state index in [-0.39, 0.29) is 0 Å². The third-order valence-corrected chi connectivity index (χ3v) is 3.48. The smallest absolute Gasteiger partial charge is 0.0671 e. The summed E-state index contributed by atoms with van der Waals surface area (Å²) in [6.07, 6.45) is 0. The number of hydrogen-bond acceptors (Lipinski definition) is 2. The molecule has 2 nitrogen and oxygen atoms in total. The number of nitrogens with two attached hydrogens (primary N) is 1. The number of aryl methyl sites for hydroxylation is 3. The fraction of sp³-hybridized carbons (Fsp3) is 0.250. The monoisotopic (exact) mass is 240 g/mol. The van der Waals surface area contributed by atoms with E-state index in [1.54, 1.807) is 0 Å². The van der Waals surface area contributed by atoms with Crippen molar-refractivity contribution in [1.82, 2.24) is 0 Å². The van der Waals surface area contributed by atoms with Crippen molar-refractivity contribution in [3.05, 3.63) is 53.1 Å². The molecule has 0 fully saturated rings. The van der Waals surface area contributed by atoms with Crippen molar-refractivity contribution in [2.24, 2.45) is 0 Å². The van der Waals surface area contributed by atoms with E-state index in [9.17, 15) is 0 Å². The Kier molecular flexibility index (Phi) is 3.28. The molecule has 0 heterocycles. The summed E-state index contributed by atoms with van der Waals surface area (Å²) < 4.78 is 0. The highest BCUT2D eigenvalue weighted by atomic mass is 15.1. The number of nitrogen functional groups attached to an aromatic ring is 1. The van der Waals surface area contributed by atoms with Gasteiger partial charge in [0.15, 0.2) is 0 Å². The second-order valence-electron chi connectivity index (χ2n) is 4.84. The standard InChI is InChI=1S/C16H20N2/c1-11-8-9-14(10-13(11)3)18(4)16-12(2)6-5-7-15(16)17/h5-10H,17H2,1-4H3. The molecule has 0 radical (unpaired) electrons. The number of rotatable bonds is 2. The molecular formula is C16H20N2. The third kappa shape index (κ3) is 2.19. The summed E-state index contributed by atoms with van der Waals surface area (Å²) >= 11 is 0. The first-order valence-corrected chi connectivity index (χ1v) is 6.17. The van der Waals surface area contributed by atoms with E-state index in [4.69, 9.17) is 5.73 Å². The topological polar surface area (TPSA) is 29.3 Å². The van der Waals surface area contributed by atoms with Crippen LogP contribution in [0.25, 0.3) is 0 Å². The van der Waals surface area contributed by atoms with E-state index in [2.05, 4.69) is 57.0 Å². The highest BCUT2D eigenvalue weighted by Crippen LogP contribution is 2.32. The van der Waals surface area contributed by atoms with Crippen LogP contribution in [0, 0.1) is 20.8 Å². The Morgan fingerprint density at radius 3 is 2.22 bits per heavy atom. The van der Waals surface area contributed by atoms with E-state index in [0.717, 1.165) is 11.4 Å². The minimum Gasteiger partial charge on any atom is -0.397 e. The van der Waals surface area contributed by atoms with Gasteiger partial charge in [0.25, 0.3) is 0 Å². The minimum absolute atomic E-state index is 0.815. The lowest BCUT2D eigenvalue weighted by Gasteiger charge is -2.24. The Morgan fingerprint density at radius 1 is 0.889 bits per heavy atom.